The molecule has 0 aliphatic carbocycles. The zero-order chi connectivity index (χ0) is 12.6. The lowest BCUT2D eigenvalue weighted by Gasteiger charge is -2.09. The molecular weight excluding hydrogens is 334 g/mol. The molecule has 0 aliphatic heterocycles. The van der Waals surface area contributed by atoms with Crippen LogP contribution in [0.2, 0.25) is 5.02 Å². The summed E-state index contributed by atoms with van der Waals surface area (Å²) in [5.74, 6) is -1.46. The van der Waals surface area contributed by atoms with E-state index >= 15 is 0 Å². The quantitative estimate of drug-likeness (QED) is 0.852. The van der Waals surface area contributed by atoms with Crippen LogP contribution in [0, 0.1) is 11.6 Å². The number of hydrogen-bond acceptors (Lipinski definition) is 2. The Morgan fingerprint density at radius 1 is 1.29 bits per heavy atom. The summed E-state index contributed by atoms with van der Waals surface area (Å²) in [5, 5.41) is 10.4. The van der Waals surface area contributed by atoms with Crippen molar-refractivity contribution >= 4 is 38.9 Å². The van der Waals surface area contributed by atoms with Crippen LogP contribution in [0.25, 0.3) is 0 Å². The van der Waals surface area contributed by atoms with Gasteiger partial charge in [-0.05, 0) is 28.1 Å². The van der Waals surface area contributed by atoms with E-state index in [2.05, 4.69) is 15.9 Å². The summed E-state index contributed by atoms with van der Waals surface area (Å²) in [6, 6.07) is 4.61. The van der Waals surface area contributed by atoms with Gasteiger partial charge >= 0.3 is 0 Å². The highest BCUT2D eigenvalue weighted by Gasteiger charge is 2.18. The molecule has 0 spiro atoms. The maximum absolute atomic E-state index is 13.5. The molecule has 0 saturated carbocycles. The Kier molecular flexibility index (Phi) is 3.82. The summed E-state index contributed by atoms with van der Waals surface area (Å²) in [6.45, 7) is 0. The number of aliphatic hydroxyl groups excluding tert-OH is 1. The first kappa shape index (κ1) is 13.0. The molecule has 1 N–H and O–H groups in total. The van der Waals surface area contributed by atoms with Gasteiger partial charge in [0.1, 0.15) is 17.7 Å². The number of aliphatic hydroxyl groups is 1. The van der Waals surface area contributed by atoms with E-state index in [1.54, 1.807) is 6.07 Å². The lowest BCUT2D eigenvalue weighted by Crippen LogP contribution is -2.00. The van der Waals surface area contributed by atoms with Gasteiger partial charge in [0.15, 0.2) is 0 Å². The topological polar surface area (TPSA) is 20.2 Å². The Bertz CT molecular complexity index is 539. The van der Waals surface area contributed by atoms with E-state index in [-0.39, 0.29) is 5.56 Å². The molecule has 0 bridgehead atoms. The third-order valence-electron chi connectivity index (χ3n) is 2.19. The van der Waals surface area contributed by atoms with E-state index in [0.29, 0.717) is 13.7 Å². The van der Waals surface area contributed by atoms with Crippen LogP contribution in [-0.4, -0.2) is 5.11 Å². The van der Waals surface area contributed by atoms with Gasteiger partial charge in [-0.3, -0.25) is 0 Å². The van der Waals surface area contributed by atoms with Crippen molar-refractivity contribution in [3.8, 4) is 0 Å². The third-order valence-corrected chi connectivity index (χ3v) is 4.72. The van der Waals surface area contributed by atoms with Crippen molar-refractivity contribution in [1.82, 2.24) is 0 Å². The van der Waals surface area contributed by atoms with Gasteiger partial charge in [0.25, 0.3) is 0 Å². The summed E-state index contributed by atoms with van der Waals surface area (Å²) < 4.78 is 26.9. The molecule has 0 amide bonds. The molecule has 1 nitrogen and oxygen atoms in total. The van der Waals surface area contributed by atoms with E-state index in [4.69, 9.17) is 11.6 Å². The van der Waals surface area contributed by atoms with Crippen LogP contribution in [-0.2, 0) is 0 Å². The van der Waals surface area contributed by atoms with Crippen LogP contribution in [0.3, 0.4) is 0 Å². The summed E-state index contributed by atoms with van der Waals surface area (Å²) in [5.41, 5.74) is 0.0248. The Morgan fingerprint density at radius 2 is 2.00 bits per heavy atom. The molecule has 2 aromatic rings. The van der Waals surface area contributed by atoms with Crippen LogP contribution in [0.15, 0.2) is 28.1 Å². The van der Waals surface area contributed by atoms with Crippen molar-refractivity contribution in [3.05, 3.63) is 55.1 Å². The second-order valence-electron chi connectivity index (χ2n) is 3.34. The molecule has 1 unspecified atom stereocenters. The number of hydrogen-bond donors (Lipinski definition) is 1. The summed E-state index contributed by atoms with van der Waals surface area (Å²) in [7, 11) is 0. The van der Waals surface area contributed by atoms with E-state index < -0.39 is 17.7 Å². The second kappa shape index (κ2) is 5.02. The first-order valence-corrected chi connectivity index (χ1v) is 6.55. The van der Waals surface area contributed by atoms with Crippen LogP contribution in [0.5, 0.6) is 0 Å². The molecule has 1 heterocycles. The summed E-state index contributed by atoms with van der Waals surface area (Å²) >= 11 is 10.2. The third kappa shape index (κ3) is 2.68. The van der Waals surface area contributed by atoms with Gasteiger partial charge in [0, 0.05) is 16.5 Å². The van der Waals surface area contributed by atoms with Gasteiger partial charge in [0.05, 0.1) is 8.81 Å². The van der Waals surface area contributed by atoms with Crippen LogP contribution in [0.1, 0.15) is 16.5 Å². The fourth-order valence-corrected chi connectivity index (χ4v) is 3.13. The monoisotopic (exact) mass is 338 g/mol. The van der Waals surface area contributed by atoms with E-state index in [1.807, 2.05) is 0 Å². The molecule has 2 rings (SSSR count). The fourth-order valence-electron chi connectivity index (χ4n) is 1.37. The maximum atomic E-state index is 13.5. The predicted octanol–water partition coefficient (Wildman–Crippen LogP) is 4.52. The van der Waals surface area contributed by atoms with Gasteiger partial charge in [-0.25, -0.2) is 8.78 Å². The highest BCUT2D eigenvalue weighted by Crippen LogP contribution is 2.37. The zero-order valence-corrected chi connectivity index (χ0v) is 11.4. The lowest BCUT2D eigenvalue weighted by molar-refractivity contribution is 0.218. The SMILES string of the molecule is OC(c1cc(Cl)c(Br)s1)c1ccc(F)cc1F. The molecule has 0 aliphatic rings. The molecule has 90 valence electrons. The minimum atomic E-state index is -1.15. The standard InChI is InChI=1S/C11H6BrClF2OS/c12-11-7(13)4-9(17-11)10(16)6-2-1-5(14)3-8(6)15/h1-4,10,16H. The lowest BCUT2D eigenvalue weighted by atomic mass is 10.1. The molecule has 0 fully saturated rings. The second-order valence-corrected chi connectivity index (χ2v) is 6.15. The first-order valence-electron chi connectivity index (χ1n) is 4.57. The summed E-state index contributed by atoms with van der Waals surface area (Å²) in [4.78, 5) is 0.493. The van der Waals surface area contributed by atoms with E-state index in [9.17, 15) is 13.9 Å². The van der Waals surface area contributed by atoms with Crippen molar-refractivity contribution in [2.45, 2.75) is 6.10 Å². The van der Waals surface area contributed by atoms with Crippen molar-refractivity contribution in [2.24, 2.45) is 0 Å². The molecule has 0 radical (unpaired) electrons. The molecular formula is C11H6BrClF2OS. The van der Waals surface area contributed by atoms with Crippen molar-refractivity contribution in [1.29, 1.82) is 0 Å². The smallest absolute Gasteiger partial charge is 0.132 e. The van der Waals surface area contributed by atoms with E-state index in [1.165, 1.54) is 17.4 Å². The van der Waals surface area contributed by atoms with Crippen molar-refractivity contribution < 1.29 is 13.9 Å². The zero-order valence-electron chi connectivity index (χ0n) is 8.25. The number of benzene rings is 1. The van der Waals surface area contributed by atoms with Crippen LogP contribution < -0.4 is 0 Å². The average Bonchev–Trinajstić information content (AvgIpc) is 2.58. The minimum absolute atomic E-state index is 0.0248. The van der Waals surface area contributed by atoms with Gasteiger partial charge in [-0.1, -0.05) is 17.7 Å². The largest absolute Gasteiger partial charge is 0.383 e. The minimum Gasteiger partial charge on any atom is -0.383 e. The highest BCUT2D eigenvalue weighted by atomic mass is 79.9. The Balaban J connectivity index is 2.39. The summed E-state index contributed by atoms with van der Waals surface area (Å²) in [6.07, 6.45) is -1.15. The number of thiophene rings is 1. The van der Waals surface area contributed by atoms with Crippen molar-refractivity contribution in [2.75, 3.05) is 0 Å². The predicted molar refractivity (Wildman–Crippen MR) is 67.4 cm³/mol. The average molecular weight is 340 g/mol. The number of halogens is 4. The highest BCUT2D eigenvalue weighted by molar-refractivity contribution is 9.11. The molecule has 1 aromatic heterocycles. The van der Waals surface area contributed by atoms with Crippen LogP contribution in [0.4, 0.5) is 8.78 Å². The molecule has 17 heavy (non-hydrogen) atoms. The van der Waals surface area contributed by atoms with Gasteiger partial charge in [-0.15, -0.1) is 11.3 Å². The Labute approximate surface area is 114 Å². The van der Waals surface area contributed by atoms with Gasteiger partial charge in [0.2, 0.25) is 0 Å². The molecule has 1 aromatic carbocycles. The maximum Gasteiger partial charge on any atom is 0.132 e. The van der Waals surface area contributed by atoms with Crippen molar-refractivity contribution in [3.63, 3.8) is 0 Å². The molecule has 1 atom stereocenters. The Morgan fingerprint density at radius 3 is 2.53 bits per heavy atom. The molecule has 6 heteroatoms. The van der Waals surface area contributed by atoms with E-state index in [0.717, 1.165) is 12.1 Å². The first-order chi connectivity index (χ1) is 7.99. The normalized spacial score (nSPS) is 12.8. The van der Waals surface area contributed by atoms with Gasteiger partial charge in [-0.2, -0.15) is 0 Å². The number of rotatable bonds is 2. The van der Waals surface area contributed by atoms with Crippen LogP contribution >= 0.6 is 38.9 Å². The fraction of sp³-hybridized carbons (Fsp3) is 0.0909. The van der Waals surface area contributed by atoms with Gasteiger partial charge < -0.3 is 5.11 Å². The molecule has 0 saturated heterocycles. The Hall–Kier alpha value is -0.490.